The van der Waals surface area contributed by atoms with Crippen LogP contribution < -0.4 is 11.1 Å². The third kappa shape index (κ3) is 5.14. The van der Waals surface area contributed by atoms with Gasteiger partial charge in [-0.15, -0.1) is 11.3 Å². The highest BCUT2D eigenvalue weighted by Crippen LogP contribution is 2.23. The zero-order valence-corrected chi connectivity index (χ0v) is 19.3. The number of imidazole rings is 1. The van der Waals surface area contributed by atoms with Crippen molar-refractivity contribution in [3.63, 3.8) is 0 Å². The quantitative estimate of drug-likeness (QED) is 0.303. The van der Waals surface area contributed by atoms with E-state index in [9.17, 15) is 9.59 Å². The van der Waals surface area contributed by atoms with Gasteiger partial charge in [0.1, 0.15) is 0 Å². The Balaban J connectivity index is 1.34. The Morgan fingerprint density at radius 3 is 2.50 bits per heavy atom. The Kier molecular flexibility index (Phi) is 6.52. The van der Waals surface area contributed by atoms with Crippen LogP contribution in [0.25, 0.3) is 16.2 Å². The number of primary amides is 1. The average Bonchev–Trinajstić information content (AvgIpc) is 3.34. The molecule has 0 bridgehead atoms. The van der Waals surface area contributed by atoms with Crippen LogP contribution in [0, 0.1) is 13.8 Å². The molecule has 0 saturated heterocycles. The van der Waals surface area contributed by atoms with Crippen LogP contribution in [0.1, 0.15) is 23.4 Å². The molecule has 0 aliphatic heterocycles. The number of thioether (sulfide) groups is 1. The Labute approximate surface area is 193 Å². The summed E-state index contributed by atoms with van der Waals surface area (Å²) in [7, 11) is 0. The molecule has 3 N–H and O–H groups in total. The van der Waals surface area contributed by atoms with E-state index in [2.05, 4.69) is 20.3 Å². The van der Waals surface area contributed by atoms with Crippen molar-refractivity contribution >= 4 is 45.6 Å². The van der Waals surface area contributed by atoms with Gasteiger partial charge in [-0.25, -0.2) is 15.0 Å². The van der Waals surface area contributed by atoms with Crippen molar-refractivity contribution < 1.29 is 9.59 Å². The fourth-order valence-corrected chi connectivity index (χ4v) is 4.70. The summed E-state index contributed by atoms with van der Waals surface area (Å²) >= 11 is 2.80. The van der Waals surface area contributed by atoms with E-state index >= 15 is 0 Å². The van der Waals surface area contributed by atoms with E-state index in [4.69, 9.17) is 5.73 Å². The lowest BCUT2D eigenvalue weighted by Crippen LogP contribution is -2.15. The molecule has 3 aromatic heterocycles. The van der Waals surface area contributed by atoms with Crippen molar-refractivity contribution in [3.05, 3.63) is 59.0 Å². The van der Waals surface area contributed by atoms with Gasteiger partial charge in [0.25, 0.3) is 0 Å². The molecule has 0 spiro atoms. The summed E-state index contributed by atoms with van der Waals surface area (Å²) in [5, 5.41) is 5.45. The molecule has 8 nitrogen and oxygen atoms in total. The Morgan fingerprint density at radius 1 is 1.12 bits per heavy atom. The average molecular weight is 467 g/mol. The molecule has 0 atom stereocenters. The Hall–Kier alpha value is -3.24. The number of nitrogens with one attached hydrogen (secondary N) is 1. The van der Waals surface area contributed by atoms with Crippen LogP contribution in [0.15, 0.2) is 47.2 Å². The SMILES string of the molecule is Cc1nc(SCC(N)=O)nc(C)c1CCC(=O)Nc1ccc(-c2cn3ccsc3n2)cc1. The van der Waals surface area contributed by atoms with E-state index in [-0.39, 0.29) is 11.7 Å². The second kappa shape index (κ2) is 9.49. The van der Waals surface area contributed by atoms with Gasteiger partial charge in [-0.05, 0) is 38.0 Å². The molecule has 0 saturated carbocycles. The Morgan fingerprint density at radius 2 is 1.84 bits per heavy atom. The number of benzene rings is 1. The van der Waals surface area contributed by atoms with Crippen LogP contribution in [0.2, 0.25) is 0 Å². The van der Waals surface area contributed by atoms with E-state index in [1.807, 2.05) is 60.3 Å². The number of aryl methyl sites for hydroxylation is 2. The standard InChI is InChI=1S/C22H22N6O2S2/c1-13-17(14(2)25-21(24-13)32-12-19(23)29)7-8-20(30)26-16-5-3-15(4-6-16)18-11-28-9-10-31-22(28)27-18/h3-6,9-11H,7-8,12H2,1-2H3,(H2,23,29)(H,26,30). The number of rotatable bonds is 8. The van der Waals surface area contributed by atoms with Crippen LogP contribution >= 0.6 is 23.1 Å². The van der Waals surface area contributed by atoms with Gasteiger partial charge < -0.3 is 11.1 Å². The highest BCUT2D eigenvalue weighted by Gasteiger charge is 2.12. The summed E-state index contributed by atoms with van der Waals surface area (Å²) in [5.74, 6) is -0.350. The van der Waals surface area contributed by atoms with Crippen LogP contribution in [0.4, 0.5) is 5.69 Å². The number of carbonyl (C=O) groups excluding carboxylic acids is 2. The fraction of sp³-hybridized carbons (Fsp3) is 0.227. The molecule has 164 valence electrons. The summed E-state index contributed by atoms with van der Waals surface area (Å²) in [4.78, 5) is 37.8. The number of carbonyl (C=O) groups is 2. The molecular formula is C22H22N6O2S2. The monoisotopic (exact) mass is 466 g/mol. The fourth-order valence-electron chi connectivity index (χ4n) is 3.32. The number of nitrogens with two attached hydrogens (primary N) is 1. The summed E-state index contributed by atoms with van der Waals surface area (Å²) in [6, 6.07) is 7.66. The minimum Gasteiger partial charge on any atom is -0.369 e. The number of nitrogens with zero attached hydrogens (tertiary/aromatic N) is 4. The predicted molar refractivity (Wildman–Crippen MR) is 127 cm³/mol. The topological polar surface area (TPSA) is 115 Å². The minimum atomic E-state index is -0.410. The number of anilines is 1. The zero-order valence-electron chi connectivity index (χ0n) is 17.7. The zero-order chi connectivity index (χ0) is 22.7. The summed E-state index contributed by atoms with van der Waals surface area (Å²) in [6.45, 7) is 3.77. The van der Waals surface area contributed by atoms with Crippen LogP contribution in [0.3, 0.4) is 0 Å². The van der Waals surface area contributed by atoms with Gasteiger partial charge in [-0.3, -0.25) is 14.0 Å². The van der Waals surface area contributed by atoms with Crippen molar-refractivity contribution in [1.82, 2.24) is 19.4 Å². The van der Waals surface area contributed by atoms with Gasteiger partial charge in [-0.2, -0.15) is 0 Å². The van der Waals surface area contributed by atoms with Gasteiger partial charge in [0.15, 0.2) is 10.1 Å². The first kappa shape index (κ1) is 22.0. The molecule has 32 heavy (non-hydrogen) atoms. The third-order valence-corrected chi connectivity index (χ3v) is 6.54. The molecule has 0 aliphatic carbocycles. The molecular weight excluding hydrogens is 444 g/mol. The number of hydrogen-bond acceptors (Lipinski definition) is 7. The highest BCUT2D eigenvalue weighted by atomic mass is 32.2. The number of hydrogen-bond donors (Lipinski definition) is 2. The smallest absolute Gasteiger partial charge is 0.227 e. The number of fused-ring (bicyclic) bond motifs is 1. The van der Waals surface area contributed by atoms with E-state index < -0.39 is 5.91 Å². The van der Waals surface area contributed by atoms with Crippen LogP contribution in [-0.4, -0.2) is 36.9 Å². The molecule has 0 unspecified atom stereocenters. The summed E-state index contributed by atoms with van der Waals surface area (Å²) < 4.78 is 1.99. The number of amides is 2. The van der Waals surface area contributed by atoms with E-state index in [0.29, 0.717) is 18.0 Å². The van der Waals surface area contributed by atoms with Crippen molar-refractivity contribution in [3.8, 4) is 11.3 Å². The van der Waals surface area contributed by atoms with Crippen molar-refractivity contribution in [2.45, 2.75) is 31.8 Å². The Bertz CT molecular complexity index is 1230. The maximum absolute atomic E-state index is 12.5. The van der Waals surface area contributed by atoms with E-state index in [0.717, 1.165) is 38.9 Å². The summed E-state index contributed by atoms with van der Waals surface area (Å²) in [5.41, 5.74) is 10.4. The molecule has 10 heteroatoms. The molecule has 4 aromatic rings. The van der Waals surface area contributed by atoms with Gasteiger partial charge >= 0.3 is 0 Å². The molecule has 4 rings (SSSR count). The van der Waals surface area contributed by atoms with Gasteiger partial charge in [0.05, 0.1) is 11.4 Å². The first-order valence-corrected chi connectivity index (χ1v) is 11.8. The largest absolute Gasteiger partial charge is 0.369 e. The lowest BCUT2D eigenvalue weighted by atomic mass is 10.1. The first-order valence-electron chi connectivity index (χ1n) is 9.97. The maximum Gasteiger partial charge on any atom is 0.227 e. The first-order chi connectivity index (χ1) is 15.4. The van der Waals surface area contributed by atoms with E-state index in [1.165, 1.54) is 11.8 Å². The maximum atomic E-state index is 12.5. The van der Waals surface area contributed by atoms with Gasteiger partial charge in [-0.1, -0.05) is 23.9 Å². The highest BCUT2D eigenvalue weighted by molar-refractivity contribution is 7.99. The third-order valence-electron chi connectivity index (χ3n) is 4.90. The molecule has 0 fully saturated rings. The van der Waals surface area contributed by atoms with Crippen LogP contribution in [-0.2, 0) is 16.0 Å². The molecule has 3 heterocycles. The normalized spacial score (nSPS) is 11.1. The lowest BCUT2D eigenvalue weighted by molar-refractivity contribution is -0.116. The van der Waals surface area contributed by atoms with Gasteiger partial charge in [0.2, 0.25) is 11.8 Å². The second-order valence-corrected chi connectivity index (χ2v) is 9.07. The van der Waals surface area contributed by atoms with Crippen molar-refractivity contribution in [2.75, 3.05) is 11.1 Å². The molecule has 0 aliphatic rings. The predicted octanol–water partition coefficient (Wildman–Crippen LogP) is 3.62. The van der Waals surface area contributed by atoms with Crippen molar-refractivity contribution in [2.24, 2.45) is 5.73 Å². The summed E-state index contributed by atoms with van der Waals surface area (Å²) in [6.07, 6.45) is 4.82. The van der Waals surface area contributed by atoms with Crippen molar-refractivity contribution in [1.29, 1.82) is 0 Å². The van der Waals surface area contributed by atoms with E-state index in [1.54, 1.807) is 11.3 Å². The van der Waals surface area contributed by atoms with Gasteiger partial charge in [0, 0.05) is 46.8 Å². The number of aromatic nitrogens is 4. The second-order valence-electron chi connectivity index (χ2n) is 7.26. The number of thiazole rings is 1. The van der Waals surface area contributed by atoms with Crippen LogP contribution in [0.5, 0.6) is 0 Å². The molecule has 2 amide bonds. The molecule has 0 radical (unpaired) electrons. The minimum absolute atomic E-state index is 0.0776. The molecule has 1 aromatic carbocycles. The lowest BCUT2D eigenvalue weighted by Gasteiger charge is -2.11.